The van der Waals surface area contributed by atoms with E-state index in [1.54, 1.807) is 13.8 Å². The topological polar surface area (TPSA) is 37.4 Å². The lowest BCUT2D eigenvalue weighted by atomic mass is 10.00. The van der Waals surface area contributed by atoms with Crippen LogP contribution in [0, 0.1) is 11.8 Å². The fourth-order valence-electron chi connectivity index (χ4n) is 1.34. The molecule has 1 fully saturated rings. The molecule has 3 nitrogen and oxygen atoms in total. The monoisotopic (exact) mass is 155 g/mol. The Morgan fingerprint density at radius 1 is 1.18 bits per heavy atom. The number of nitrogens with zero attached hydrogens (tertiary/aromatic N) is 1. The molecule has 1 aliphatic heterocycles. The van der Waals surface area contributed by atoms with E-state index in [-0.39, 0.29) is 23.7 Å². The molecule has 0 bridgehead atoms. The minimum absolute atomic E-state index is 0.0231. The summed E-state index contributed by atoms with van der Waals surface area (Å²) >= 11 is 0. The van der Waals surface area contributed by atoms with Gasteiger partial charge in [0.15, 0.2) is 0 Å². The summed E-state index contributed by atoms with van der Waals surface area (Å²) in [7, 11) is 0. The first-order valence-corrected chi connectivity index (χ1v) is 3.94. The van der Waals surface area contributed by atoms with Crippen LogP contribution < -0.4 is 0 Å². The van der Waals surface area contributed by atoms with Crippen LogP contribution in [0.1, 0.15) is 20.8 Å². The number of rotatable bonds is 1. The second-order valence-corrected chi connectivity index (χ2v) is 3.00. The lowest BCUT2D eigenvalue weighted by Crippen LogP contribution is -2.30. The lowest BCUT2D eigenvalue weighted by molar-refractivity contribution is -0.139. The second-order valence-electron chi connectivity index (χ2n) is 3.00. The molecular formula is C8H13NO2. The normalized spacial score (nSPS) is 31.7. The van der Waals surface area contributed by atoms with E-state index in [9.17, 15) is 9.59 Å². The molecule has 1 unspecified atom stereocenters. The smallest absolute Gasteiger partial charge is 0.232 e. The third-order valence-corrected chi connectivity index (χ3v) is 2.38. The minimum Gasteiger partial charge on any atom is -0.282 e. The van der Waals surface area contributed by atoms with Crippen LogP contribution in [0.15, 0.2) is 0 Å². The molecule has 2 amide bonds. The van der Waals surface area contributed by atoms with Crippen LogP contribution in [0.4, 0.5) is 0 Å². The summed E-state index contributed by atoms with van der Waals surface area (Å²) in [6.45, 7) is 5.94. The van der Waals surface area contributed by atoms with Crippen molar-refractivity contribution in [3.63, 3.8) is 0 Å². The minimum atomic E-state index is -0.123. The zero-order chi connectivity index (χ0) is 8.59. The number of hydrogen-bond donors (Lipinski definition) is 0. The van der Waals surface area contributed by atoms with E-state index in [1.165, 1.54) is 4.90 Å². The quantitative estimate of drug-likeness (QED) is 0.521. The Morgan fingerprint density at radius 3 is 1.73 bits per heavy atom. The van der Waals surface area contributed by atoms with Crippen molar-refractivity contribution in [3.05, 3.63) is 0 Å². The number of carbonyl (C=O) groups excluding carboxylic acids is 2. The highest BCUT2D eigenvalue weighted by Gasteiger charge is 2.40. The van der Waals surface area contributed by atoms with Gasteiger partial charge in [-0.3, -0.25) is 14.5 Å². The predicted octanol–water partition coefficient (Wildman–Crippen LogP) is 0.647. The van der Waals surface area contributed by atoms with Gasteiger partial charge in [0.25, 0.3) is 0 Å². The molecule has 0 aliphatic carbocycles. The van der Waals surface area contributed by atoms with E-state index in [1.807, 2.05) is 6.92 Å². The first-order chi connectivity index (χ1) is 5.09. The summed E-state index contributed by atoms with van der Waals surface area (Å²) in [4.78, 5) is 23.9. The van der Waals surface area contributed by atoms with Gasteiger partial charge in [0, 0.05) is 18.4 Å². The first kappa shape index (κ1) is 8.24. The van der Waals surface area contributed by atoms with Crippen molar-refractivity contribution in [3.8, 4) is 0 Å². The summed E-state index contributed by atoms with van der Waals surface area (Å²) in [6.07, 6.45) is 0. The summed E-state index contributed by atoms with van der Waals surface area (Å²) in [5.41, 5.74) is 0. The molecule has 0 radical (unpaired) electrons. The molecule has 11 heavy (non-hydrogen) atoms. The summed E-state index contributed by atoms with van der Waals surface area (Å²) in [5, 5.41) is 0. The second kappa shape index (κ2) is 2.64. The average molecular weight is 155 g/mol. The first-order valence-electron chi connectivity index (χ1n) is 3.94. The van der Waals surface area contributed by atoms with Gasteiger partial charge < -0.3 is 0 Å². The molecule has 1 rings (SSSR count). The van der Waals surface area contributed by atoms with Gasteiger partial charge in [-0.05, 0) is 6.92 Å². The van der Waals surface area contributed by atoms with Gasteiger partial charge >= 0.3 is 0 Å². The number of imide groups is 1. The van der Waals surface area contributed by atoms with Gasteiger partial charge in [0.2, 0.25) is 11.8 Å². The Bertz CT molecular complexity index is 180. The number of likely N-dealkylation sites (tertiary alicyclic amines) is 1. The van der Waals surface area contributed by atoms with E-state index in [0.29, 0.717) is 6.54 Å². The number of amides is 2. The summed E-state index contributed by atoms with van der Waals surface area (Å²) < 4.78 is 0. The van der Waals surface area contributed by atoms with Crippen LogP contribution >= 0.6 is 0 Å². The number of hydrogen-bond acceptors (Lipinski definition) is 2. The van der Waals surface area contributed by atoms with Crippen molar-refractivity contribution < 1.29 is 9.59 Å². The van der Waals surface area contributed by atoms with Crippen molar-refractivity contribution in [2.75, 3.05) is 6.54 Å². The van der Waals surface area contributed by atoms with E-state index in [2.05, 4.69) is 0 Å². The van der Waals surface area contributed by atoms with E-state index >= 15 is 0 Å². The van der Waals surface area contributed by atoms with Gasteiger partial charge in [-0.15, -0.1) is 0 Å². The highest BCUT2D eigenvalue weighted by Crippen LogP contribution is 2.24. The van der Waals surface area contributed by atoms with Gasteiger partial charge in [-0.25, -0.2) is 0 Å². The highest BCUT2D eigenvalue weighted by molar-refractivity contribution is 6.04. The molecule has 2 atom stereocenters. The van der Waals surface area contributed by atoms with Gasteiger partial charge in [-0.1, -0.05) is 13.8 Å². The van der Waals surface area contributed by atoms with Crippen LogP contribution in [-0.2, 0) is 9.59 Å². The Kier molecular flexibility index (Phi) is 1.98. The molecule has 0 aromatic rings. The number of carbonyl (C=O) groups is 2. The van der Waals surface area contributed by atoms with Gasteiger partial charge in [-0.2, -0.15) is 0 Å². The molecule has 0 N–H and O–H groups in total. The van der Waals surface area contributed by atoms with Crippen molar-refractivity contribution >= 4 is 11.8 Å². The molecule has 1 heterocycles. The van der Waals surface area contributed by atoms with Gasteiger partial charge in [0.05, 0.1) is 0 Å². The fraction of sp³-hybridized carbons (Fsp3) is 0.750. The highest BCUT2D eigenvalue weighted by atomic mass is 16.2. The molecule has 0 saturated carbocycles. The molecule has 1 saturated heterocycles. The average Bonchev–Trinajstić information content (AvgIpc) is 2.17. The molecular weight excluding hydrogens is 142 g/mol. The largest absolute Gasteiger partial charge is 0.282 e. The molecule has 0 aromatic heterocycles. The Morgan fingerprint density at radius 2 is 1.55 bits per heavy atom. The maximum Gasteiger partial charge on any atom is 0.232 e. The maximum atomic E-state index is 11.3. The third kappa shape index (κ3) is 1.04. The zero-order valence-electron chi connectivity index (χ0n) is 7.13. The van der Waals surface area contributed by atoms with Crippen LogP contribution in [-0.4, -0.2) is 23.3 Å². The van der Waals surface area contributed by atoms with Crippen molar-refractivity contribution in [1.82, 2.24) is 4.90 Å². The van der Waals surface area contributed by atoms with Crippen LogP contribution in [0.25, 0.3) is 0 Å². The predicted molar refractivity (Wildman–Crippen MR) is 40.7 cm³/mol. The lowest BCUT2D eigenvalue weighted by Gasteiger charge is -2.09. The Balaban J connectivity index is 2.86. The van der Waals surface area contributed by atoms with Crippen LogP contribution in [0.3, 0.4) is 0 Å². The van der Waals surface area contributed by atoms with E-state index in [0.717, 1.165) is 0 Å². The van der Waals surface area contributed by atoms with Gasteiger partial charge in [0.1, 0.15) is 0 Å². The van der Waals surface area contributed by atoms with E-state index < -0.39 is 0 Å². The molecule has 0 spiro atoms. The summed E-state index contributed by atoms with van der Waals surface area (Å²) in [5.74, 6) is -0.292. The van der Waals surface area contributed by atoms with E-state index in [4.69, 9.17) is 0 Å². The fourth-order valence-corrected chi connectivity index (χ4v) is 1.34. The maximum absolute atomic E-state index is 11.3. The standard InChI is InChI=1S/C8H13NO2/c1-4-9-7(10)5(2)6(3)8(9)11/h5-6H,4H2,1-3H3/t5-,6?/m1/s1. The Hall–Kier alpha value is -0.860. The molecule has 3 heteroatoms. The zero-order valence-corrected chi connectivity index (χ0v) is 7.13. The molecule has 1 aliphatic rings. The van der Waals surface area contributed by atoms with Crippen molar-refractivity contribution in [2.45, 2.75) is 20.8 Å². The third-order valence-electron chi connectivity index (χ3n) is 2.38. The summed E-state index contributed by atoms with van der Waals surface area (Å²) in [6, 6.07) is 0. The van der Waals surface area contributed by atoms with Crippen LogP contribution in [0.2, 0.25) is 0 Å². The van der Waals surface area contributed by atoms with Crippen molar-refractivity contribution in [1.29, 1.82) is 0 Å². The Labute approximate surface area is 66.4 Å². The SMILES string of the molecule is CCN1C(=O)C(C)[C@@H](C)C1=O. The molecule has 0 aromatic carbocycles. The molecule has 62 valence electrons. The van der Waals surface area contributed by atoms with Crippen molar-refractivity contribution in [2.24, 2.45) is 11.8 Å². The van der Waals surface area contributed by atoms with Crippen LogP contribution in [0.5, 0.6) is 0 Å².